The van der Waals surface area contributed by atoms with Crippen LogP contribution in [0, 0.1) is 0 Å². The van der Waals surface area contributed by atoms with E-state index >= 15 is 0 Å². The van der Waals surface area contributed by atoms with E-state index < -0.39 is 21.5 Å². The van der Waals surface area contributed by atoms with Gasteiger partial charge in [-0.1, -0.05) is 26.0 Å². The molecular weight excluding hydrogens is 268 g/mol. The topological polar surface area (TPSA) is 109 Å². The molecule has 0 aliphatic carbocycles. The van der Waals surface area contributed by atoms with Crippen LogP contribution in [0.25, 0.3) is 0 Å². The lowest BCUT2D eigenvalue weighted by atomic mass is 9.92. The number of sulfonamides is 1. The van der Waals surface area contributed by atoms with E-state index in [0.717, 1.165) is 0 Å². The molecule has 1 aromatic rings. The van der Waals surface area contributed by atoms with E-state index in [1.165, 1.54) is 18.2 Å². The fourth-order valence-electron chi connectivity index (χ4n) is 1.86. The zero-order chi connectivity index (χ0) is 14.7. The Kier molecular flexibility index (Phi) is 4.54. The molecule has 0 spiro atoms. The highest BCUT2D eigenvalue weighted by atomic mass is 32.2. The van der Waals surface area contributed by atoms with Gasteiger partial charge in [0, 0.05) is 0 Å². The summed E-state index contributed by atoms with van der Waals surface area (Å²) in [7, 11) is -3.90. The lowest BCUT2D eigenvalue weighted by molar-refractivity contribution is -0.142. The van der Waals surface area contributed by atoms with Crippen LogP contribution in [0.1, 0.15) is 26.7 Å². The molecule has 0 aliphatic rings. The van der Waals surface area contributed by atoms with Crippen LogP contribution in [-0.4, -0.2) is 25.0 Å². The SMILES string of the molecule is CCC(CC)(Nc1ccccc1S(N)(=O)=O)C(=O)O. The number of carboxylic acid groups (broad SMARTS) is 1. The van der Waals surface area contributed by atoms with Gasteiger partial charge in [0.25, 0.3) is 0 Å². The summed E-state index contributed by atoms with van der Waals surface area (Å²) in [4.78, 5) is 11.3. The molecule has 7 heteroatoms. The summed E-state index contributed by atoms with van der Waals surface area (Å²) in [5, 5.41) is 17.3. The second kappa shape index (κ2) is 5.58. The average Bonchev–Trinajstić information content (AvgIpc) is 2.35. The third-order valence-corrected chi connectivity index (χ3v) is 4.15. The third kappa shape index (κ3) is 3.24. The van der Waals surface area contributed by atoms with Crippen molar-refractivity contribution >= 4 is 21.7 Å². The van der Waals surface area contributed by atoms with E-state index in [1.807, 2.05) is 0 Å². The van der Waals surface area contributed by atoms with E-state index in [1.54, 1.807) is 19.9 Å². The number of carbonyl (C=O) groups is 1. The van der Waals surface area contributed by atoms with Gasteiger partial charge in [0.1, 0.15) is 10.4 Å². The maximum atomic E-state index is 11.5. The number of primary sulfonamides is 1. The molecule has 6 nitrogen and oxygen atoms in total. The number of hydrogen-bond donors (Lipinski definition) is 3. The van der Waals surface area contributed by atoms with E-state index in [2.05, 4.69) is 5.32 Å². The predicted molar refractivity (Wildman–Crippen MR) is 72.4 cm³/mol. The summed E-state index contributed by atoms with van der Waals surface area (Å²) in [6, 6.07) is 6.00. The van der Waals surface area contributed by atoms with Gasteiger partial charge in [0.15, 0.2) is 0 Å². The summed E-state index contributed by atoms with van der Waals surface area (Å²) < 4.78 is 23.0. The Morgan fingerprint density at radius 1 is 1.32 bits per heavy atom. The van der Waals surface area contributed by atoms with Crippen LogP contribution in [0.4, 0.5) is 5.69 Å². The van der Waals surface area contributed by atoms with E-state index in [9.17, 15) is 18.3 Å². The first-order valence-corrected chi connectivity index (χ1v) is 7.45. The number of nitrogens with one attached hydrogen (secondary N) is 1. The highest BCUT2D eigenvalue weighted by Gasteiger charge is 2.35. The first kappa shape index (κ1) is 15.5. The largest absolute Gasteiger partial charge is 0.480 e. The molecule has 0 heterocycles. The Labute approximate surface area is 112 Å². The average molecular weight is 286 g/mol. The van der Waals surface area contributed by atoms with Crippen molar-refractivity contribution in [3.8, 4) is 0 Å². The second-order valence-corrected chi connectivity index (χ2v) is 5.79. The molecule has 0 saturated carbocycles. The lowest BCUT2D eigenvalue weighted by Gasteiger charge is -2.30. The van der Waals surface area contributed by atoms with Gasteiger partial charge >= 0.3 is 5.97 Å². The molecule has 0 aliphatic heterocycles. The van der Waals surface area contributed by atoms with Crippen LogP contribution in [0.2, 0.25) is 0 Å². The molecule has 0 fully saturated rings. The van der Waals surface area contributed by atoms with Gasteiger partial charge in [-0.15, -0.1) is 0 Å². The molecule has 0 aromatic heterocycles. The second-order valence-electron chi connectivity index (χ2n) is 4.26. The smallest absolute Gasteiger partial charge is 0.329 e. The van der Waals surface area contributed by atoms with Gasteiger partial charge < -0.3 is 10.4 Å². The fourth-order valence-corrected chi connectivity index (χ4v) is 2.55. The van der Waals surface area contributed by atoms with Crippen molar-refractivity contribution in [2.45, 2.75) is 37.1 Å². The lowest BCUT2D eigenvalue weighted by Crippen LogP contribution is -2.45. The van der Waals surface area contributed by atoms with Crippen molar-refractivity contribution < 1.29 is 18.3 Å². The number of rotatable bonds is 6. The fraction of sp³-hybridized carbons (Fsp3) is 0.417. The molecule has 19 heavy (non-hydrogen) atoms. The Balaban J connectivity index is 3.29. The Bertz CT molecular complexity index is 565. The summed E-state index contributed by atoms with van der Waals surface area (Å²) in [6.45, 7) is 3.45. The standard InChI is InChI=1S/C12H18N2O4S/c1-3-12(4-2,11(15)16)14-9-7-5-6-8-10(9)19(13,17)18/h5-8,14H,3-4H2,1-2H3,(H,15,16)(H2,13,17,18). The minimum absolute atomic E-state index is 0.109. The number of anilines is 1. The van der Waals surface area contributed by atoms with Crippen LogP contribution >= 0.6 is 0 Å². The molecule has 0 amide bonds. The van der Waals surface area contributed by atoms with E-state index in [4.69, 9.17) is 5.14 Å². The van der Waals surface area contributed by atoms with Gasteiger partial charge in [-0.25, -0.2) is 18.4 Å². The molecule has 1 rings (SSSR count). The van der Waals surface area contributed by atoms with Crippen LogP contribution < -0.4 is 10.5 Å². The van der Waals surface area contributed by atoms with Gasteiger partial charge in [-0.05, 0) is 25.0 Å². The van der Waals surface area contributed by atoms with Gasteiger partial charge in [-0.2, -0.15) is 0 Å². The third-order valence-electron chi connectivity index (χ3n) is 3.18. The van der Waals surface area contributed by atoms with Crippen molar-refractivity contribution in [3.63, 3.8) is 0 Å². The minimum atomic E-state index is -3.90. The summed E-state index contributed by atoms with van der Waals surface area (Å²) in [5.74, 6) is -1.03. The number of benzene rings is 1. The first-order valence-electron chi connectivity index (χ1n) is 5.90. The zero-order valence-electron chi connectivity index (χ0n) is 10.9. The molecule has 4 N–H and O–H groups in total. The zero-order valence-corrected chi connectivity index (χ0v) is 11.7. The Morgan fingerprint density at radius 3 is 2.26 bits per heavy atom. The highest BCUT2D eigenvalue weighted by Crippen LogP contribution is 2.27. The summed E-state index contributed by atoms with van der Waals surface area (Å²) >= 11 is 0. The maximum Gasteiger partial charge on any atom is 0.329 e. The van der Waals surface area contributed by atoms with Gasteiger partial charge in [0.2, 0.25) is 10.0 Å². The number of aliphatic carboxylic acids is 1. The van der Waals surface area contributed by atoms with Crippen molar-refractivity contribution in [1.82, 2.24) is 0 Å². The van der Waals surface area contributed by atoms with Crippen LogP contribution in [0.15, 0.2) is 29.2 Å². The normalized spacial score (nSPS) is 12.2. The first-order chi connectivity index (χ1) is 8.77. The maximum absolute atomic E-state index is 11.5. The number of carboxylic acids is 1. The quantitative estimate of drug-likeness (QED) is 0.732. The number of para-hydroxylation sites is 1. The molecule has 0 unspecified atom stereocenters. The molecule has 0 radical (unpaired) electrons. The molecule has 0 atom stereocenters. The Morgan fingerprint density at radius 2 is 1.84 bits per heavy atom. The van der Waals surface area contributed by atoms with E-state index in [0.29, 0.717) is 12.8 Å². The van der Waals surface area contributed by atoms with Crippen LogP contribution in [0.3, 0.4) is 0 Å². The highest BCUT2D eigenvalue weighted by molar-refractivity contribution is 7.89. The summed E-state index contributed by atoms with van der Waals surface area (Å²) in [5.41, 5.74) is -1.00. The van der Waals surface area contributed by atoms with Crippen molar-refractivity contribution in [1.29, 1.82) is 0 Å². The molecule has 0 bridgehead atoms. The van der Waals surface area contributed by atoms with Crippen molar-refractivity contribution in [2.24, 2.45) is 5.14 Å². The predicted octanol–water partition coefficient (Wildman–Crippen LogP) is 1.39. The monoisotopic (exact) mass is 286 g/mol. The summed E-state index contributed by atoms with van der Waals surface area (Å²) in [6.07, 6.45) is 0.634. The number of hydrogen-bond acceptors (Lipinski definition) is 4. The Hall–Kier alpha value is -1.60. The molecule has 106 valence electrons. The molecule has 1 aromatic carbocycles. The van der Waals surface area contributed by atoms with E-state index in [-0.39, 0.29) is 10.6 Å². The number of nitrogens with two attached hydrogens (primary N) is 1. The van der Waals surface area contributed by atoms with Crippen LogP contribution in [-0.2, 0) is 14.8 Å². The minimum Gasteiger partial charge on any atom is -0.480 e. The van der Waals surface area contributed by atoms with Crippen LogP contribution in [0.5, 0.6) is 0 Å². The van der Waals surface area contributed by atoms with Gasteiger partial charge in [-0.3, -0.25) is 0 Å². The van der Waals surface area contributed by atoms with Gasteiger partial charge in [0.05, 0.1) is 5.69 Å². The molecular formula is C12H18N2O4S. The molecule has 0 saturated heterocycles. The van der Waals surface area contributed by atoms with Crippen molar-refractivity contribution in [2.75, 3.05) is 5.32 Å². The van der Waals surface area contributed by atoms with Crippen molar-refractivity contribution in [3.05, 3.63) is 24.3 Å².